The molecule has 0 aliphatic rings. The third-order valence-electron chi connectivity index (χ3n) is 5.11. The Morgan fingerprint density at radius 3 is 1.26 bits per heavy atom. The zero-order chi connectivity index (χ0) is 23.3. The van der Waals surface area contributed by atoms with Crippen LogP contribution in [0.3, 0.4) is 0 Å². The van der Waals surface area contributed by atoms with Crippen LogP contribution in [-0.4, -0.2) is 54.6 Å². The molecule has 0 saturated carbocycles. The minimum Gasteiger partial charge on any atom is -0.381 e. The molecule has 0 aliphatic carbocycles. The molecule has 0 rings (SSSR count). The number of unbranched alkanes of at least 4 members (excludes halogenated alkanes) is 10. The summed E-state index contributed by atoms with van der Waals surface area (Å²) in [5, 5.41) is 0. The summed E-state index contributed by atoms with van der Waals surface area (Å²) in [6.45, 7) is 6.01. The van der Waals surface area contributed by atoms with Crippen molar-refractivity contribution in [2.45, 2.75) is 104 Å². The first-order valence-electron chi connectivity index (χ1n) is 12.4. The third-order valence-corrected chi connectivity index (χ3v) is 8.05. The van der Waals surface area contributed by atoms with Gasteiger partial charge in [0.15, 0.2) is 0 Å². The fraction of sp³-hybridized carbons (Fsp3) is 1.00. The molecule has 0 aliphatic heterocycles. The monoisotopic (exact) mass is 484 g/mol. The van der Waals surface area contributed by atoms with Gasteiger partial charge in [0.05, 0.1) is 11.5 Å². The van der Waals surface area contributed by atoms with E-state index in [0.29, 0.717) is 52.0 Å². The number of rotatable bonds is 24. The SMILES string of the molecule is CCCCCCCCS(=O)(=O)NCCCOCCCNS(=O)(=O)CCCCCCCC. The predicted molar refractivity (Wildman–Crippen MR) is 130 cm³/mol. The van der Waals surface area contributed by atoms with Crippen molar-refractivity contribution in [1.82, 2.24) is 9.44 Å². The molecule has 31 heavy (non-hydrogen) atoms. The van der Waals surface area contributed by atoms with Crippen LogP contribution in [0, 0.1) is 0 Å². The largest absolute Gasteiger partial charge is 0.381 e. The summed E-state index contributed by atoms with van der Waals surface area (Å²) in [4.78, 5) is 0. The first kappa shape index (κ1) is 30.8. The number of ether oxygens (including phenoxy) is 1. The van der Waals surface area contributed by atoms with Crippen molar-refractivity contribution in [3.63, 3.8) is 0 Å². The molecule has 0 aromatic rings. The van der Waals surface area contributed by atoms with Gasteiger partial charge in [0.1, 0.15) is 0 Å². The van der Waals surface area contributed by atoms with Crippen LogP contribution in [0.4, 0.5) is 0 Å². The summed E-state index contributed by atoms with van der Waals surface area (Å²) in [6.07, 6.45) is 14.0. The molecule has 0 aromatic carbocycles. The molecule has 7 nitrogen and oxygen atoms in total. The summed E-state index contributed by atoms with van der Waals surface area (Å²) in [6, 6.07) is 0. The van der Waals surface area contributed by atoms with Crippen molar-refractivity contribution in [2.75, 3.05) is 37.8 Å². The Hall–Kier alpha value is -0.220. The first-order chi connectivity index (χ1) is 14.8. The summed E-state index contributed by atoms with van der Waals surface area (Å²) >= 11 is 0. The molecule has 188 valence electrons. The van der Waals surface area contributed by atoms with Crippen LogP contribution >= 0.6 is 0 Å². The van der Waals surface area contributed by atoms with Gasteiger partial charge in [-0.1, -0.05) is 78.1 Å². The Morgan fingerprint density at radius 1 is 0.516 bits per heavy atom. The lowest BCUT2D eigenvalue weighted by atomic mass is 10.1. The van der Waals surface area contributed by atoms with Crippen LogP contribution in [0.15, 0.2) is 0 Å². The van der Waals surface area contributed by atoms with Gasteiger partial charge in [-0.25, -0.2) is 26.3 Å². The topological polar surface area (TPSA) is 102 Å². The molecule has 9 heteroatoms. The maximum Gasteiger partial charge on any atom is 0.211 e. The summed E-state index contributed by atoms with van der Waals surface area (Å²) in [5.41, 5.74) is 0. The average Bonchev–Trinajstić information content (AvgIpc) is 2.71. The second kappa shape index (κ2) is 20.4. The highest BCUT2D eigenvalue weighted by Crippen LogP contribution is 2.07. The van der Waals surface area contributed by atoms with Crippen LogP contribution in [0.25, 0.3) is 0 Å². The lowest BCUT2D eigenvalue weighted by Crippen LogP contribution is -2.28. The Bertz CT molecular complexity index is 543. The average molecular weight is 485 g/mol. The Labute approximate surface area is 192 Å². The molecule has 0 radical (unpaired) electrons. The summed E-state index contributed by atoms with van der Waals surface area (Å²) < 4.78 is 58.3. The van der Waals surface area contributed by atoms with Crippen LogP contribution in [-0.2, 0) is 24.8 Å². The molecule has 0 bridgehead atoms. The van der Waals surface area contributed by atoms with Gasteiger partial charge in [-0.15, -0.1) is 0 Å². The Kier molecular flexibility index (Phi) is 20.2. The normalized spacial score (nSPS) is 12.5. The molecule has 2 N–H and O–H groups in total. The van der Waals surface area contributed by atoms with Gasteiger partial charge in [0, 0.05) is 26.3 Å². The minimum atomic E-state index is -3.19. The van der Waals surface area contributed by atoms with Crippen LogP contribution < -0.4 is 9.44 Å². The van der Waals surface area contributed by atoms with E-state index in [1.54, 1.807) is 0 Å². The molecule has 0 amide bonds. The second-order valence-electron chi connectivity index (χ2n) is 8.28. The standard InChI is InChI=1S/C22H48N2O5S2/c1-3-5-7-9-11-13-21-30(25,26)23-17-15-19-29-20-16-18-24-31(27,28)22-14-12-10-8-6-4-2/h23-24H,3-22H2,1-2H3. The second-order valence-corrected chi connectivity index (χ2v) is 12.1. The van der Waals surface area contributed by atoms with E-state index in [1.165, 1.54) is 38.5 Å². The zero-order valence-electron chi connectivity index (χ0n) is 20.0. The van der Waals surface area contributed by atoms with Crippen molar-refractivity contribution in [1.29, 1.82) is 0 Å². The van der Waals surface area contributed by atoms with Gasteiger partial charge in [-0.3, -0.25) is 0 Å². The van der Waals surface area contributed by atoms with E-state index < -0.39 is 20.0 Å². The van der Waals surface area contributed by atoms with Gasteiger partial charge >= 0.3 is 0 Å². The maximum absolute atomic E-state index is 11.9. The van der Waals surface area contributed by atoms with Crippen molar-refractivity contribution in [2.24, 2.45) is 0 Å². The van der Waals surface area contributed by atoms with E-state index in [1.807, 2.05) is 0 Å². The fourth-order valence-corrected chi connectivity index (χ4v) is 5.56. The Morgan fingerprint density at radius 2 is 0.871 bits per heavy atom. The van der Waals surface area contributed by atoms with E-state index in [2.05, 4.69) is 23.3 Å². The molecular formula is C22H48N2O5S2. The van der Waals surface area contributed by atoms with Crippen molar-refractivity contribution in [3.05, 3.63) is 0 Å². The molecular weight excluding hydrogens is 436 g/mol. The van der Waals surface area contributed by atoms with Crippen molar-refractivity contribution in [3.8, 4) is 0 Å². The Balaban J connectivity index is 3.53. The van der Waals surface area contributed by atoms with E-state index >= 15 is 0 Å². The predicted octanol–water partition coefficient (Wildman–Crippen LogP) is 4.34. The highest BCUT2D eigenvalue weighted by molar-refractivity contribution is 7.89. The quantitative estimate of drug-likeness (QED) is 0.198. The van der Waals surface area contributed by atoms with E-state index in [4.69, 9.17) is 4.74 Å². The van der Waals surface area contributed by atoms with Gasteiger partial charge in [-0.2, -0.15) is 0 Å². The molecule has 0 unspecified atom stereocenters. The number of nitrogens with one attached hydrogen (secondary N) is 2. The van der Waals surface area contributed by atoms with Gasteiger partial charge in [0.2, 0.25) is 20.0 Å². The van der Waals surface area contributed by atoms with E-state index in [0.717, 1.165) is 25.7 Å². The van der Waals surface area contributed by atoms with E-state index in [9.17, 15) is 16.8 Å². The van der Waals surface area contributed by atoms with Crippen molar-refractivity contribution >= 4 is 20.0 Å². The molecule has 0 atom stereocenters. The van der Waals surface area contributed by atoms with Crippen LogP contribution in [0.2, 0.25) is 0 Å². The minimum absolute atomic E-state index is 0.193. The lowest BCUT2D eigenvalue weighted by molar-refractivity contribution is 0.131. The van der Waals surface area contributed by atoms with Gasteiger partial charge < -0.3 is 4.74 Å². The first-order valence-corrected chi connectivity index (χ1v) is 15.7. The molecule has 0 heterocycles. The molecule has 0 fully saturated rings. The highest BCUT2D eigenvalue weighted by Gasteiger charge is 2.10. The zero-order valence-corrected chi connectivity index (χ0v) is 21.6. The number of sulfonamides is 2. The van der Waals surface area contributed by atoms with Crippen LogP contribution in [0.1, 0.15) is 104 Å². The number of hydrogen-bond donors (Lipinski definition) is 2. The van der Waals surface area contributed by atoms with E-state index in [-0.39, 0.29) is 11.5 Å². The van der Waals surface area contributed by atoms with Gasteiger partial charge in [0.25, 0.3) is 0 Å². The molecule has 0 spiro atoms. The third kappa shape index (κ3) is 22.8. The smallest absolute Gasteiger partial charge is 0.211 e. The van der Waals surface area contributed by atoms with Gasteiger partial charge in [-0.05, 0) is 25.7 Å². The molecule has 0 saturated heterocycles. The van der Waals surface area contributed by atoms with Crippen LogP contribution in [0.5, 0.6) is 0 Å². The van der Waals surface area contributed by atoms with Crippen molar-refractivity contribution < 1.29 is 21.6 Å². The maximum atomic E-state index is 11.9. The number of hydrogen-bond acceptors (Lipinski definition) is 5. The fourth-order valence-electron chi connectivity index (χ4n) is 3.20. The molecule has 0 aromatic heterocycles. The lowest BCUT2D eigenvalue weighted by Gasteiger charge is -2.08. The summed E-state index contributed by atoms with van der Waals surface area (Å²) in [5.74, 6) is 0.387. The summed E-state index contributed by atoms with van der Waals surface area (Å²) in [7, 11) is -6.38. The highest BCUT2D eigenvalue weighted by atomic mass is 32.2.